The quantitative estimate of drug-likeness (QED) is 0.846. The zero-order valence-electron chi connectivity index (χ0n) is 15.5. The van der Waals surface area contributed by atoms with Gasteiger partial charge in [0.05, 0.1) is 11.0 Å². The van der Waals surface area contributed by atoms with Gasteiger partial charge in [0.15, 0.2) is 0 Å². The molecule has 0 N–H and O–H groups in total. The summed E-state index contributed by atoms with van der Waals surface area (Å²) in [6.45, 7) is 10.6. The normalized spacial score (nSPS) is 12.6. The second-order valence-corrected chi connectivity index (χ2v) is 6.84. The Balaban J connectivity index is 2.42. The first-order valence-electron chi connectivity index (χ1n) is 8.54. The topological polar surface area (TPSA) is 55.2 Å². The van der Waals surface area contributed by atoms with E-state index in [0.717, 1.165) is 11.9 Å². The maximum Gasteiger partial charge on any atom is 0.272 e. The molecule has 0 saturated carbocycles. The summed E-state index contributed by atoms with van der Waals surface area (Å²) in [7, 11) is 1.84. The fourth-order valence-corrected chi connectivity index (χ4v) is 3.07. The molecule has 5 heteroatoms. The van der Waals surface area contributed by atoms with Gasteiger partial charge in [0.1, 0.15) is 5.69 Å². The fraction of sp³-hybridized carbons (Fsp3) is 0.526. The molecule has 0 bridgehead atoms. The smallest absolute Gasteiger partial charge is 0.272 e. The van der Waals surface area contributed by atoms with Crippen LogP contribution in [0.25, 0.3) is 11.0 Å². The Hall–Kier alpha value is -2.17. The lowest BCUT2D eigenvalue weighted by atomic mass is 10.0. The van der Waals surface area contributed by atoms with Gasteiger partial charge in [0.2, 0.25) is 0 Å². The van der Waals surface area contributed by atoms with Crippen LogP contribution in [0.4, 0.5) is 0 Å². The summed E-state index contributed by atoms with van der Waals surface area (Å²) in [5.41, 5.74) is 2.43. The molecule has 1 atom stereocenters. The van der Waals surface area contributed by atoms with E-state index >= 15 is 0 Å². The van der Waals surface area contributed by atoms with E-state index in [-0.39, 0.29) is 17.5 Å². The van der Waals surface area contributed by atoms with Crippen LogP contribution < -0.4 is 5.56 Å². The molecule has 2 rings (SSSR count). The van der Waals surface area contributed by atoms with Crippen molar-refractivity contribution in [2.75, 3.05) is 7.05 Å². The van der Waals surface area contributed by atoms with E-state index in [4.69, 9.17) is 0 Å². The van der Waals surface area contributed by atoms with Gasteiger partial charge >= 0.3 is 0 Å². The summed E-state index contributed by atoms with van der Waals surface area (Å²) in [5, 5.41) is 0. The van der Waals surface area contributed by atoms with E-state index in [1.54, 1.807) is 28.5 Å². The van der Waals surface area contributed by atoms with E-state index < -0.39 is 0 Å². The molecule has 0 radical (unpaired) electrons. The Morgan fingerprint density at radius 3 is 2.54 bits per heavy atom. The molecule has 130 valence electrons. The predicted octanol–water partition coefficient (Wildman–Crippen LogP) is 3.23. The van der Waals surface area contributed by atoms with Gasteiger partial charge in [-0.05, 0) is 51.3 Å². The number of benzene rings is 1. The molecular weight excluding hydrogens is 302 g/mol. The van der Waals surface area contributed by atoms with Crippen molar-refractivity contribution in [3.8, 4) is 0 Å². The van der Waals surface area contributed by atoms with E-state index in [9.17, 15) is 9.59 Å². The van der Waals surface area contributed by atoms with Gasteiger partial charge in [-0.1, -0.05) is 13.8 Å². The van der Waals surface area contributed by atoms with Gasteiger partial charge in [-0.25, -0.2) is 4.98 Å². The Bertz CT molecular complexity index is 808. The molecule has 0 aliphatic carbocycles. The summed E-state index contributed by atoms with van der Waals surface area (Å²) < 4.78 is 1.69. The van der Waals surface area contributed by atoms with E-state index in [1.807, 2.05) is 20.0 Å². The first-order valence-corrected chi connectivity index (χ1v) is 8.54. The number of carbonyl (C=O) groups is 1. The lowest BCUT2D eigenvalue weighted by Crippen LogP contribution is -2.36. The highest BCUT2D eigenvalue weighted by molar-refractivity contribution is 5.97. The van der Waals surface area contributed by atoms with Crippen LogP contribution in [-0.4, -0.2) is 33.4 Å². The summed E-state index contributed by atoms with van der Waals surface area (Å²) in [5.74, 6) is 0.522. The average molecular weight is 329 g/mol. The largest absolute Gasteiger partial charge is 0.339 e. The van der Waals surface area contributed by atoms with Crippen LogP contribution in [0.2, 0.25) is 0 Å². The molecule has 5 nitrogen and oxygen atoms in total. The van der Waals surface area contributed by atoms with Gasteiger partial charge in [-0.15, -0.1) is 0 Å². The lowest BCUT2D eigenvalue weighted by molar-refractivity contribution is 0.0728. The average Bonchev–Trinajstić information content (AvgIpc) is 2.53. The second-order valence-electron chi connectivity index (χ2n) is 6.84. The van der Waals surface area contributed by atoms with Crippen molar-refractivity contribution in [3.63, 3.8) is 0 Å². The minimum absolute atomic E-state index is 0.0150. The van der Waals surface area contributed by atoms with Crippen LogP contribution in [0, 0.1) is 12.8 Å². The number of aromatic nitrogens is 2. The van der Waals surface area contributed by atoms with Crippen molar-refractivity contribution in [3.05, 3.63) is 39.8 Å². The molecule has 1 unspecified atom stereocenters. The summed E-state index contributed by atoms with van der Waals surface area (Å²) >= 11 is 0. The Morgan fingerprint density at radius 2 is 1.96 bits per heavy atom. The molecule has 0 spiro atoms. The molecule has 0 aliphatic heterocycles. The van der Waals surface area contributed by atoms with Gasteiger partial charge in [-0.2, -0.15) is 0 Å². The minimum Gasteiger partial charge on any atom is -0.339 e. The molecular formula is C19H27N3O2. The molecule has 1 aromatic carbocycles. The van der Waals surface area contributed by atoms with Crippen molar-refractivity contribution in [2.45, 2.75) is 53.6 Å². The minimum atomic E-state index is -0.0771. The third-order valence-electron chi connectivity index (χ3n) is 4.47. The number of amides is 1. The van der Waals surface area contributed by atoms with Gasteiger partial charge < -0.3 is 9.47 Å². The number of hydrogen-bond acceptors (Lipinski definition) is 3. The van der Waals surface area contributed by atoms with Gasteiger partial charge in [-0.3, -0.25) is 9.59 Å². The Kier molecular flexibility index (Phi) is 5.42. The Labute approximate surface area is 143 Å². The number of carbonyl (C=O) groups excluding carboxylic acids is 1. The predicted molar refractivity (Wildman–Crippen MR) is 97.4 cm³/mol. The lowest BCUT2D eigenvalue weighted by Gasteiger charge is -2.26. The van der Waals surface area contributed by atoms with E-state index in [1.165, 1.54) is 0 Å². The maximum absolute atomic E-state index is 12.7. The molecule has 1 amide bonds. The fourth-order valence-electron chi connectivity index (χ4n) is 3.07. The number of rotatable bonds is 5. The molecule has 0 aliphatic rings. The van der Waals surface area contributed by atoms with Crippen molar-refractivity contribution in [2.24, 2.45) is 5.92 Å². The number of fused-ring (bicyclic) bond motifs is 1. The van der Waals surface area contributed by atoms with Crippen molar-refractivity contribution < 1.29 is 4.79 Å². The zero-order valence-corrected chi connectivity index (χ0v) is 15.5. The van der Waals surface area contributed by atoms with E-state index in [0.29, 0.717) is 29.2 Å². The molecule has 0 saturated heterocycles. The second kappa shape index (κ2) is 7.16. The van der Waals surface area contributed by atoms with Crippen molar-refractivity contribution >= 4 is 16.9 Å². The van der Waals surface area contributed by atoms with Crippen LogP contribution in [0.5, 0.6) is 0 Å². The Morgan fingerprint density at radius 1 is 1.29 bits per heavy atom. The summed E-state index contributed by atoms with van der Waals surface area (Å²) in [6.07, 6.45) is 0.961. The van der Waals surface area contributed by atoms with Crippen LogP contribution in [-0.2, 0) is 6.54 Å². The SMILES string of the molecule is CCn1c(=O)c(C)nc2cc(C(=O)N(C)C(C)CC(C)C)ccc21. The summed E-state index contributed by atoms with van der Waals surface area (Å²) in [6, 6.07) is 5.56. The van der Waals surface area contributed by atoms with Crippen LogP contribution in [0.3, 0.4) is 0 Å². The van der Waals surface area contributed by atoms with Crippen LogP contribution >= 0.6 is 0 Å². The van der Waals surface area contributed by atoms with E-state index in [2.05, 4.69) is 25.8 Å². The van der Waals surface area contributed by atoms with Crippen LogP contribution in [0.15, 0.2) is 23.0 Å². The molecule has 24 heavy (non-hydrogen) atoms. The highest BCUT2D eigenvalue weighted by Gasteiger charge is 2.19. The maximum atomic E-state index is 12.7. The molecule has 0 fully saturated rings. The standard InChI is InChI=1S/C19H27N3O2/c1-7-22-17-9-8-15(11-16(17)20-14(5)18(22)23)19(24)21(6)13(4)10-12(2)3/h8-9,11-13H,7,10H2,1-6H3. The van der Waals surface area contributed by atoms with Crippen molar-refractivity contribution in [1.82, 2.24) is 14.5 Å². The monoisotopic (exact) mass is 329 g/mol. The number of hydrogen-bond donors (Lipinski definition) is 0. The number of nitrogens with zero attached hydrogens (tertiary/aromatic N) is 3. The third kappa shape index (κ3) is 3.50. The highest BCUT2D eigenvalue weighted by atomic mass is 16.2. The molecule has 2 aromatic rings. The first-order chi connectivity index (χ1) is 11.3. The highest BCUT2D eigenvalue weighted by Crippen LogP contribution is 2.17. The van der Waals surface area contributed by atoms with Crippen LogP contribution in [0.1, 0.15) is 50.2 Å². The summed E-state index contributed by atoms with van der Waals surface area (Å²) in [4.78, 5) is 31.1. The van der Waals surface area contributed by atoms with Crippen molar-refractivity contribution in [1.29, 1.82) is 0 Å². The molecule has 1 aromatic heterocycles. The third-order valence-corrected chi connectivity index (χ3v) is 4.47. The zero-order chi connectivity index (χ0) is 18.0. The number of aryl methyl sites for hydroxylation is 2. The molecule has 1 heterocycles. The van der Waals surface area contributed by atoms with Gasteiger partial charge in [0.25, 0.3) is 11.5 Å². The first kappa shape index (κ1) is 18.2. The van der Waals surface area contributed by atoms with Gasteiger partial charge in [0, 0.05) is 25.2 Å².